The van der Waals surface area contributed by atoms with Gasteiger partial charge in [-0.15, -0.1) is 23.4 Å². The molecule has 0 unspecified atom stereocenters. The first kappa shape index (κ1) is 9.62. The molecule has 0 aromatic heterocycles. The molecule has 1 aromatic rings. The standard InChI is InChI=1S/C9H8ClOS/c10-5-6-12-9-3-1-8(7-11)2-4-9/h1-4H,5-6H2. The predicted octanol–water partition coefficient (Wildman–Crippen LogP) is 2.48. The van der Waals surface area contributed by atoms with Crippen molar-refractivity contribution < 1.29 is 4.79 Å². The van der Waals surface area contributed by atoms with Gasteiger partial charge in [-0.2, -0.15) is 0 Å². The molecule has 0 N–H and O–H groups in total. The quantitative estimate of drug-likeness (QED) is 0.548. The molecule has 0 saturated carbocycles. The van der Waals surface area contributed by atoms with Gasteiger partial charge in [-0.05, 0) is 24.3 Å². The van der Waals surface area contributed by atoms with Crippen molar-refractivity contribution in [1.82, 2.24) is 0 Å². The summed E-state index contributed by atoms with van der Waals surface area (Å²) in [5.41, 5.74) is 0.588. The minimum atomic E-state index is 0.588. The topological polar surface area (TPSA) is 17.1 Å². The summed E-state index contributed by atoms with van der Waals surface area (Å²) >= 11 is 7.20. The van der Waals surface area contributed by atoms with E-state index in [1.807, 2.05) is 18.4 Å². The molecule has 0 saturated heterocycles. The van der Waals surface area contributed by atoms with Gasteiger partial charge < -0.3 is 0 Å². The van der Waals surface area contributed by atoms with E-state index in [1.54, 1.807) is 23.9 Å². The van der Waals surface area contributed by atoms with E-state index in [9.17, 15) is 4.79 Å². The van der Waals surface area contributed by atoms with Crippen LogP contribution < -0.4 is 0 Å². The zero-order valence-corrected chi connectivity index (χ0v) is 7.99. The van der Waals surface area contributed by atoms with Gasteiger partial charge in [-0.1, -0.05) is 0 Å². The Morgan fingerprint density at radius 1 is 1.33 bits per heavy atom. The minimum Gasteiger partial charge on any atom is -0.285 e. The van der Waals surface area contributed by atoms with Gasteiger partial charge in [0.25, 0.3) is 0 Å². The van der Waals surface area contributed by atoms with Crippen molar-refractivity contribution in [3.05, 3.63) is 29.8 Å². The largest absolute Gasteiger partial charge is 0.285 e. The van der Waals surface area contributed by atoms with Crippen molar-refractivity contribution in [1.29, 1.82) is 0 Å². The van der Waals surface area contributed by atoms with Crippen LogP contribution in [0.1, 0.15) is 5.56 Å². The van der Waals surface area contributed by atoms with Gasteiger partial charge in [-0.25, -0.2) is 0 Å². The summed E-state index contributed by atoms with van der Waals surface area (Å²) in [6, 6.07) is 7.31. The summed E-state index contributed by atoms with van der Waals surface area (Å²) < 4.78 is 0. The number of carbonyl (C=O) groups excluding carboxylic acids is 1. The summed E-state index contributed by atoms with van der Waals surface area (Å²) in [5.74, 6) is 1.54. The van der Waals surface area contributed by atoms with E-state index in [1.165, 1.54) is 0 Å². The third kappa shape index (κ3) is 2.88. The van der Waals surface area contributed by atoms with Gasteiger partial charge in [0.1, 0.15) is 0 Å². The molecular formula is C9H8ClOS. The highest BCUT2D eigenvalue weighted by Gasteiger charge is 1.93. The van der Waals surface area contributed by atoms with E-state index in [4.69, 9.17) is 11.6 Å². The van der Waals surface area contributed by atoms with Crippen molar-refractivity contribution in [2.45, 2.75) is 4.90 Å². The molecule has 0 aliphatic heterocycles. The molecule has 0 atom stereocenters. The molecule has 0 bridgehead atoms. The summed E-state index contributed by atoms with van der Waals surface area (Å²) in [7, 11) is 0. The SMILES string of the molecule is O=[C]c1ccc(SCCCl)cc1. The Hall–Kier alpha value is -0.470. The van der Waals surface area contributed by atoms with Crippen LogP contribution in [-0.2, 0) is 4.79 Å². The summed E-state index contributed by atoms with van der Waals surface area (Å²) in [4.78, 5) is 11.3. The van der Waals surface area contributed by atoms with Gasteiger partial charge in [0.05, 0.1) is 0 Å². The number of halogens is 1. The van der Waals surface area contributed by atoms with Crippen molar-refractivity contribution in [2.75, 3.05) is 11.6 Å². The fourth-order valence-electron chi connectivity index (χ4n) is 0.776. The Morgan fingerprint density at radius 2 is 2.00 bits per heavy atom. The lowest BCUT2D eigenvalue weighted by Gasteiger charge is -1.97. The first-order chi connectivity index (χ1) is 5.86. The van der Waals surface area contributed by atoms with Crippen molar-refractivity contribution >= 4 is 29.6 Å². The van der Waals surface area contributed by atoms with Crippen LogP contribution in [0.5, 0.6) is 0 Å². The lowest BCUT2D eigenvalue weighted by atomic mass is 10.2. The molecule has 0 heterocycles. The highest BCUT2D eigenvalue weighted by molar-refractivity contribution is 7.99. The number of hydrogen-bond acceptors (Lipinski definition) is 2. The second-order valence-corrected chi connectivity index (χ2v) is 3.71. The van der Waals surface area contributed by atoms with Crippen LogP contribution in [0.2, 0.25) is 0 Å². The fourth-order valence-corrected chi connectivity index (χ4v) is 1.65. The average molecular weight is 200 g/mol. The van der Waals surface area contributed by atoms with Crippen LogP contribution in [0.4, 0.5) is 0 Å². The van der Waals surface area contributed by atoms with Gasteiger partial charge in [0.15, 0.2) is 0 Å². The molecule has 3 heteroatoms. The third-order valence-corrected chi connectivity index (χ3v) is 2.74. The normalized spacial score (nSPS) is 9.75. The zero-order valence-electron chi connectivity index (χ0n) is 6.42. The Morgan fingerprint density at radius 3 is 2.50 bits per heavy atom. The number of hydrogen-bond donors (Lipinski definition) is 0. The van der Waals surface area contributed by atoms with Gasteiger partial charge in [-0.3, -0.25) is 4.79 Å². The van der Waals surface area contributed by atoms with E-state index in [-0.39, 0.29) is 0 Å². The molecule has 1 nitrogen and oxygen atoms in total. The van der Waals surface area contributed by atoms with Gasteiger partial charge in [0.2, 0.25) is 6.29 Å². The monoisotopic (exact) mass is 199 g/mol. The van der Waals surface area contributed by atoms with Crippen LogP contribution in [0, 0.1) is 0 Å². The Bertz CT molecular complexity index is 245. The van der Waals surface area contributed by atoms with Gasteiger partial charge >= 0.3 is 0 Å². The van der Waals surface area contributed by atoms with E-state index < -0.39 is 0 Å². The Kier molecular flexibility index (Phi) is 4.19. The molecule has 0 fully saturated rings. The third-order valence-electron chi connectivity index (χ3n) is 1.32. The zero-order chi connectivity index (χ0) is 8.81. The van der Waals surface area contributed by atoms with Crippen LogP contribution in [0.3, 0.4) is 0 Å². The molecule has 0 aliphatic carbocycles. The first-order valence-corrected chi connectivity index (χ1v) is 5.06. The van der Waals surface area contributed by atoms with Gasteiger partial charge in [0, 0.05) is 22.1 Å². The van der Waals surface area contributed by atoms with E-state index in [0.29, 0.717) is 11.4 Å². The average Bonchev–Trinajstić information content (AvgIpc) is 2.15. The molecule has 12 heavy (non-hydrogen) atoms. The Balaban J connectivity index is 2.58. The van der Waals surface area contributed by atoms with Crippen LogP contribution in [0.25, 0.3) is 0 Å². The van der Waals surface area contributed by atoms with Crippen molar-refractivity contribution in [3.8, 4) is 0 Å². The minimum absolute atomic E-state index is 0.588. The van der Waals surface area contributed by atoms with E-state index in [2.05, 4.69) is 0 Å². The maximum absolute atomic E-state index is 10.2. The second-order valence-electron chi connectivity index (χ2n) is 2.16. The maximum atomic E-state index is 10.2. The number of rotatable bonds is 4. The first-order valence-electron chi connectivity index (χ1n) is 3.54. The Labute approximate surface area is 81.1 Å². The van der Waals surface area contributed by atoms with Crippen LogP contribution in [0.15, 0.2) is 29.2 Å². The lowest BCUT2D eigenvalue weighted by Crippen LogP contribution is -1.81. The maximum Gasteiger partial charge on any atom is 0.233 e. The number of thioether (sulfide) groups is 1. The number of benzene rings is 1. The summed E-state index contributed by atoms with van der Waals surface area (Å²) in [5, 5.41) is 0. The molecule has 1 rings (SSSR count). The molecular weight excluding hydrogens is 192 g/mol. The van der Waals surface area contributed by atoms with Crippen LogP contribution in [-0.4, -0.2) is 17.9 Å². The molecule has 0 aliphatic rings. The fraction of sp³-hybridized carbons (Fsp3) is 0.222. The van der Waals surface area contributed by atoms with Crippen molar-refractivity contribution in [3.63, 3.8) is 0 Å². The van der Waals surface area contributed by atoms with Crippen LogP contribution >= 0.6 is 23.4 Å². The highest BCUT2D eigenvalue weighted by atomic mass is 35.5. The molecule has 1 radical (unpaired) electrons. The molecule has 0 spiro atoms. The van der Waals surface area contributed by atoms with Crippen molar-refractivity contribution in [2.24, 2.45) is 0 Å². The number of alkyl halides is 1. The lowest BCUT2D eigenvalue weighted by molar-refractivity contribution is 0.562. The molecule has 63 valence electrons. The summed E-state index contributed by atoms with van der Waals surface area (Å²) in [6.07, 6.45) is 1.82. The molecule has 1 aromatic carbocycles. The highest BCUT2D eigenvalue weighted by Crippen LogP contribution is 2.17. The smallest absolute Gasteiger partial charge is 0.233 e. The predicted molar refractivity (Wildman–Crippen MR) is 52.7 cm³/mol. The summed E-state index contributed by atoms with van der Waals surface area (Å²) in [6.45, 7) is 0. The van der Waals surface area contributed by atoms with E-state index >= 15 is 0 Å². The second kappa shape index (κ2) is 5.22. The van der Waals surface area contributed by atoms with E-state index in [0.717, 1.165) is 10.6 Å². The molecule has 0 amide bonds.